The molecule has 0 spiro atoms. The number of carbonyl (C=O) groups is 1. The highest BCUT2D eigenvalue weighted by Crippen LogP contribution is 2.40. The van der Waals surface area contributed by atoms with Gasteiger partial charge >= 0.3 is 0 Å². The second-order valence-corrected chi connectivity index (χ2v) is 8.26. The summed E-state index contributed by atoms with van der Waals surface area (Å²) in [5.74, 6) is -0.430. The van der Waals surface area contributed by atoms with Gasteiger partial charge in [0, 0.05) is 5.56 Å². The average molecular weight is 477 g/mol. The van der Waals surface area contributed by atoms with Crippen LogP contribution in [-0.4, -0.2) is 10.9 Å². The Hall–Kier alpha value is -0.460. The summed E-state index contributed by atoms with van der Waals surface area (Å²) >= 11 is 35.7. The maximum absolute atomic E-state index is 12.0. The number of thiazole rings is 1. The van der Waals surface area contributed by atoms with Gasteiger partial charge in [-0.1, -0.05) is 111 Å². The first-order valence-corrected chi connectivity index (χ1v) is 9.65. The summed E-state index contributed by atoms with van der Waals surface area (Å²) in [5.41, 5.74) is 1.34. The first kappa shape index (κ1) is 20.8. The van der Waals surface area contributed by atoms with E-state index in [1.165, 1.54) is 0 Å². The van der Waals surface area contributed by atoms with Crippen LogP contribution < -0.4 is 5.32 Å². The molecule has 0 aliphatic rings. The molecule has 0 aliphatic heterocycles. The molecule has 10 heteroatoms. The molecule has 2 aromatic rings. The minimum absolute atomic E-state index is 0.0302. The number of carbonyl (C=O) groups excluding carboxylic acids is 1. The van der Waals surface area contributed by atoms with Gasteiger partial charge in [-0.05, 0) is 0 Å². The van der Waals surface area contributed by atoms with E-state index in [9.17, 15) is 4.79 Å². The second kappa shape index (κ2) is 9.47. The summed E-state index contributed by atoms with van der Waals surface area (Å²) < 4.78 is -0.262. The van der Waals surface area contributed by atoms with Gasteiger partial charge in [0.15, 0.2) is 5.13 Å². The molecule has 132 valence electrons. The Balaban J connectivity index is 2.37. The highest BCUT2D eigenvalue weighted by Gasteiger charge is 2.19. The van der Waals surface area contributed by atoms with Crippen molar-refractivity contribution in [3.63, 3.8) is 0 Å². The van der Waals surface area contributed by atoms with Crippen molar-refractivity contribution in [3.8, 4) is 11.3 Å². The molecule has 0 bridgehead atoms. The van der Waals surface area contributed by atoms with Crippen LogP contribution in [-0.2, 0) is 4.79 Å². The SMILES string of the molecule is O=C(CC(Cl)=C(Cl)Cl)Nc1nc(-c2ccccc2)c(C(Cl)=C(Cl)Cl)s1. The molecule has 2 rings (SSSR count). The molecule has 0 atom stereocenters. The lowest BCUT2D eigenvalue weighted by Gasteiger charge is -2.01. The maximum Gasteiger partial charge on any atom is 0.231 e. The summed E-state index contributed by atoms with van der Waals surface area (Å²) in [5, 5.41) is 3.10. The monoisotopic (exact) mass is 474 g/mol. The van der Waals surface area contributed by atoms with Crippen molar-refractivity contribution in [2.45, 2.75) is 6.42 Å². The van der Waals surface area contributed by atoms with Gasteiger partial charge in [-0.3, -0.25) is 4.79 Å². The van der Waals surface area contributed by atoms with Crippen LogP contribution in [0.25, 0.3) is 16.3 Å². The van der Waals surface area contributed by atoms with E-state index in [0.29, 0.717) is 15.7 Å². The molecule has 1 N–H and O–H groups in total. The van der Waals surface area contributed by atoms with E-state index >= 15 is 0 Å². The zero-order chi connectivity index (χ0) is 18.6. The molecular weight excluding hydrogens is 469 g/mol. The number of hydrogen-bond donors (Lipinski definition) is 1. The number of halogens is 6. The Morgan fingerprint density at radius 1 is 1.00 bits per heavy atom. The molecule has 0 saturated carbocycles. The van der Waals surface area contributed by atoms with Gasteiger partial charge in [-0.25, -0.2) is 4.98 Å². The summed E-state index contributed by atoms with van der Waals surface area (Å²) in [6.07, 6.45) is -0.181. The lowest BCUT2D eigenvalue weighted by Crippen LogP contribution is -2.11. The topological polar surface area (TPSA) is 42.0 Å². The number of hydrogen-bond acceptors (Lipinski definition) is 3. The van der Waals surface area contributed by atoms with Gasteiger partial charge in [-0.15, -0.1) is 0 Å². The van der Waals surface area contributed by atoms with Crippen molar-refractivity contribution in [1.29, 1.82) is 0 Å². The Bertz CT molecular complexity index is 839. The summed E-state index contributed by atoms with van der Waals surface area (Å²) in [4.78, 5) is 16.9. The number of nitrogens with one attached hydrogen (secondary N) is 1. The highest BCUT2D eigenvalue weighted by atomic mass is 35.5. The van der Waals surface area contributed by atoms with E-state index in [0.717, 1.165) is 16.9 Å². The predicted octanol–water partition coefficient (Wildman–Crippen LogP) is 7.37. The van der Waals surface area contributed by atoms with Crippen LogP contribution in [0.15, 0.2) is 44.3 Å². The smallest absolute Gasteiger partial charge is 0.231 e. The quantitative estimate of drug-likeness (QED) is 0.489. The van der Waals surface area contributed by atoms with Crippen molar-refractivity contribution in [2.75, 3.05) is 5.32 Å². The van der Waals surface area contributed by atoms with Crippen LogP contribution in [0.3, 0.4) is 0 Å². The third-order valence-corrected chi connectivity index (χ3v) is 5.83. The summed E-state index contributed by atoms with van der Waals surface area (Å²) in [6, 6.07) is 9.27. The van der Waals surface area contributed by atoms with Crippen molar-refractivity contribution in [1.82, 2.24) is 4.98 Å². The lowest BCUT2D eigenvalue weighted by molar-refractivity contribution is -0.115. The van der Waals surface area contributed by atoms with Gasteiger partial charge in [-0.2, -0.15) is 0 Å². The maximum atomic E-state index is 12.0. The summed E-state index contributed by atoms with van der Waals surface area (Å²) in [6.45, 7) is 0. The average Bonchev–Trinajstić information content (AvgIpc) is 2.98. The van der Waals surface area contributed by atoms with E-state index in [1.807, 2.05) is 30.3 Å². The Labute approximate surface area is 178 Å². The second-order valence-electron chi connectivity index (χ2n) is 4.53. The molecule has 1 aromatic heterocycles. The molecule has 0 saturated heterocycles. The summed E-state index contributed by atoms with van der Waals surface area (Å²) in [7, 11) is 0. The van der Waals surface area contributed by atoms with Gasteiger partial charge < -0.3 is 5.32 Å². The Kier molecular flexibility index (Phi) is 7.90. The van der Waals surface area contributed by atoms with Crippen LogP contribution in [0.4, 0.5) is 5.13 Å². The van der Waals surface area contributed by atoms with Crippen LogP contribution in [0.5, 0.6) is 0 Å². The predicted molar refractivity (Wildman–Crippen MR) is 110 cm³/mol. The molecule has 0 fully saturated rings. The molecule has 0 unspecified atom stereocenters. The zero-order valence-corrected chi connectivity index (χ0v) is 17.5. The fourth-order valence-electron chi connectivity index (χ4n) is 1.77. The van der Waals surface area contributed by atoms with Gasteiger partial charge in [0.25, 0.3) is 0 Å². The third kappa shape index (κ3) is 5.76. The minimum Gasteiger partial charge on any atom is -0.302 e. The standard InChI is InChI=1S/C15H8Cl6N2OS/c16-8(13(18)19)6-9(24)22-15-23-11(7-4-2-1-3-5-7)12(25-15)10(17)14(20)21/h1-5H,6H2,(H,22,23,24). The number of aromatic nitrogens is 1. The number of nitrogens with zero attached hydrogens (tertiary/aromatic N) is 1. The van der Waals surface area contributed by atoms with Crippen LogP contribution >= 0.6 is 80.9 Å². The number of benzene rings is 1. The van der Waals surface area contributed by atoms with E-state index in [4.69, 9.17) is 69.6 Å². The normalized spacial score (nSPS) is 10.3. The molecule has 0 aliphatic carbocycles. The van der Waals surface area contributed by atoms with Crippen molar-refractivity contribution >= 4 is 97.0 Å². The van der Waals surface area contributed by atoms with Crippen LogP contribution in [0.2, 0.25) is 0 Å². The van der Waals surface area contributed by atoms with Gasteiger partial charge in [0.05, 0.1) is 27.1 Å². The van der Waals surface area contributed by atoms with Crippen LogP contribution in [0, 0.1) is 0 Å². The Morgan fingerprint density at radius 3 is 2.20 bits per heavy atom. The highest BCUT2D eigenvalue weighted by molar-refractivity contribution is 7.18. The van der Waals surface area contributed by atoms with E-state index in [1.54, 1.807) is 0 Å². The zero-order valence-electron chi connectivity index (χ0n) is 12.1. The number of amides is 1. The molecule has 3 nitrogen and oxygen atoms in total. The molecule has 1 aromatic carbocycles. The van der Waals surface area contributed by atoms with Gasteiger partial charge in [0.1, 0.15) is 8.98 Å². The van der Waals surface area contributed by atoms with Crippen molar-refractivity contribution < 1.29 is 4.79 Å². The van der Waals surface area contributed by atoms with Gasteiger partial charge in [0.2, 0.25) is 5.91 Å². The first-order valence-electron chi connectivity index (χ1n) is 6.56. The Morgan fingerprint density at radius 2 is 1.64 bits per heavy atom. The number of anilines is 1. The minimum atomic E-state index is -0.430. The molecule has 25 heavy (non-hydrogen) atoms. The number of rotatable bonds is 5. The van der Waals surface area contributed by atoms with Crippen molar-refractivity contribution in [2.24, 2.45) is 0 Å². The molecule has 1 amide bonds. The third-order valence-electron chi connectivity index (χ3n) is 2.81. The van der Waals surface area contributed by atoms with E-state index in [2.05, 4.69) is 10.3 Å². The fraction of sp³-hybridized carbons (Fsp3) is 0.0667. The first-order chi connectivity index (χ1) is 11.8. The largest absolute Gasteiger partial charge is 0.302 e. The fourth-order valence-corrected chi connectivity index (χ4v) is 3.48. The van der Waals surface area contributed by atoms with Crippen LogP contribution in [0.1, 0.15) is 11.3 Å². The van der Waals surface area contributed by atoms with E-state index in [-0.39, 0.29) is 25.5 Å². The van der Waals surface area contributed by atoms with E-state index < -0.39 is 5.91 Å². The van der Waals surface area contributed by atoms with Crippen molar-refractivity contribution in [3.05, 3.63) is 49.2 Å². The molecule has 1 heterocycles. The molecule has 0 radical (unpaired) electrons. The molecular formula is C15H8Cl6N2OS. The lowest BCUT2D eigenvalue weighted by atomic mass is 10.1.